The van der Waals surface area contributed by atoms with Crippen LogP contribution in [0.5, 0.6) is 0 Å². The van der Waals surface area contributed by atoms with Gasteiger partial charge in [-0.1, -0.05) is 0 Å². The summed E-state index contributed by atoms with van der Waals surface area (Å²) in [5.74, 6) is 1.66. The lowest BCUT2D eigenvalue weighted by Crippen LogP contribution is -2.37. The molecule has 5 nitrogen and oxygen atoms in total. The molecule has 22 heavy (non-hydrogen) atoms. The number of nitrogens with zero attached hydrogens (tertiary/aromatic N) is 1. The Balaban J connectivity index is 0.00000121. The van der Waals surface area contributed by atoms with E-state index in [9.17, 15) is 4.79 Å². The number of halogens is 2. The number of carbonyl (C=O) groups excluding carboxylic acids is 1. The first-order chi connectivity index (χ1) is 9.70. The third-order valence-corrected chi connectivity index (χ3v) is 4.18. The van der Waals surface area contributed by atoms with Gasteiger partial charge in [-0.2, -0.15) is 0 Å². The number of nitrogens with one attached hydrogen (secondary N) is 2. The van der Waals surface area contributed by atoms with E-state index in [0.717, 1.165) is 41.7 Å². The van der Waals surface area contributed by atoms with Crippen molar-refractivity contribution in [1.82, 2.24) is 15.6 Å². The fraction of sp³-hybridized carbons (Fsp3) is 0.429. The molecular formula is C14H19Cl2N3O2S. The normalized spacial score (nSPS) is 16.7. The maximum Gasteiger partial charge on any atom is 0.226 e. The van der Waals surface area contributed by atoms with Crippen molar-refractivity contribution in [2.24, 2.45) is 0 Å². The van der Waals surface area contributed by atoms with Gasteiger partial charge in [-0.3, -0.25) is 4.79 Å². The molecule has 0 saturated carbocycles. The molecule has 0 aliphatic carbocycles. The molecule has 1 fully saturated rings. The predicted octanol–water partition coefficient (Wildman–Crippen LogP) is 2.58. The van der Waals surface area contributed by atoms with Crippen LogP contribution < -0.4 is 10.6 Å². The topological polar surface area (TPSA) is 67.2 Å². The summed E-state index contributed by atoms with van der Waals surface area (Å²) in [6.45, 7) is 3.74. The number of furan rings is 1. The molecule has 2 aromatic heterocycles. The van der Waals surface area contributed by atoms with Crippen molar-refractivity contribution in [2.75, 3.05) is 13.1 Å². The quantitative estimate of drug-likeness (QED) is 0.875. The highest BCUT2D eigenvalue weighted by molar-refractivity contribution is 7.13. The highest BCUT2D eigenvalue weighted by Gasteiger charge is 2.17. The summed E-state index contributed by atoms with van der Waals surface area (Å²) in [7, 11) is 0. The predicted molar refractivity (Wildman–Crippen MR) is 92.2 cm³/mol. The van der Waals surface area contributed by atoms with Crippen LogP contribution in [0.3, 0.4) is 0 Å². The SMILES string of the molecule is Cc1ccc(-c2nc(CC(=O)NC3CCNC3)cs2)o1.Cl.Cl. The van der Waals surface area contributed by atoms with E-state index in [2.05, 4.69) is 15.6 Å². The summed E-state index contributed by atoms with van der Waals surface area (Å²) in [4.78, 5) is 16.4. The summed E-state index contributed by atoms with van der Waals surface area (Å²) >= 11 is 1.50. The van der Waals surface area contributed by atoms with Gasteiger partial charge in [0.05, 0.1) is 12.1 Å². The lowest BCUT2D eigenvalue weighted by molar-refractivity contribution is -0.121. The average Bonchev–Trinajstić information content (AvgIpc) is 3.10. The molecule has 2 aromatic rings. The van der Waals surface area contributed by atoms with E-state index in [0.29, 0.717) is 6.42 Å². The van der Waals surface area contributed by atoms with Gasteiger partial charge in [0, 0.05) is 18.0 Å². The van der Waals surface area contributed by atoms with E-state index < -0.39 is 0 Å². The minimum Gasteiger partial charge on any atom is -0.459 e. The van der Waals surface area contributed by atoms with E-state index in [4.69, 9.17) is 4.42 Å². The van der Waals surface area contributed by atoms with Crippen molar-refractivity contribution in [3.63, 3.8) is 0 Å². The van der Waals surface area contributed by atoms with Crippen molar-refractivity contribution in [3.05, 3.63) is 29.0 Å². The first-order valence-electron chi connectivity index (χ1n) is 6.72. The third-order valence-electron chi connectivity index (χ3n) is 3.27. The van der Waals surface area contributed by atoms with Crippen LogP contribution >= 0.6 is 36.2 Å². The van der Waals surface area contributed by atoms with Gasteiger partial charge in [0.1, 0.15) is 5.76 Å². The lowest BCUT2D eigenvalue weighted by Gasteiger charge is -2.10. The van der Waals surface area contributed by atoms with Gasteiger partial charge < -0.3 is 15.1 Å². The maximum atomic E-state index is 11.9. The van der Waals surface area contributed by atoms with Gasteiger partial charge in [-0.25, -0.2) is 4.98 Å². The summed E-state index contributed by atoms with van der Waals surface area (Å²) in [5.41, 5.74) is 0.794. The first kappa shape index (κ1) is 19.0. The van der Waals surface area contributed by atoms with E-state index in [-0.39, 0.29) is 36.8 Å². The molecule has 0 bridgehead atoms. The van der Waals surface area contributed by atoms with Crippen LogP contribution in [0.1, 0.15) is 17.9 Å². The maximum absolute atomic E-state index is 11.9. The van der Waals surface area contributed by atoms with Gasteiger partial charge >= 0.3 is 0 Å². The first-order valence-corrected chi connectivity index (χ1v) is 7.60. The van der Waals surface area contributed by atoms with E-state index in [1.807, 2.05) is 24.4 Å². The van der Waals surface area contributed by atoms with Crippen molar-refractivity contribution < 1.29 is 9.21 Å². The number of hydrogen-bond acceptors (Lipinski definition) is 5. The van der Waals surface area contributed by atoms with E-state index in [1.165, 1.54) is 11.3 Å². The number of thiazole rings is 1. The highest BCUT2D eigenvalue weighted by Crippen LogP contribution is 2.25. The van der Waals surface area contributed by atoms with Crippen molar-refractivity contribution in [2.45, 2.75) is 25.8 Å². The number of aryl methyl sites for hydroxylation is 1. The molecule has 1 unspecified atom stereocenters. The van der Waals surface area contributed by atoms with Crippen molar-refractivity contribution in [1.29, 1.82) is 0 Å². The van der Waals surface area contributed by atoms with Crippen LogP contribution in [0.15, 0.2) is 21.9 Å². The number of amides is 1. The summed E-state index contributed by atoms with van der Waals surface area (Å²) in [6, 6.07) is 4.08. The van der Waals surface area contributed by atoms with Gasteiger partial charge in [-0.15, -0.1) is 36.2 Å². The summed E-state index contributed by atoms with van der Waals surface area (Å²) in [5, 5.41) is 8.99. The molecule has 0 aromatic carbocycles. The van der Waals surface area contributed by atoms with Crippen LogP contribution in [0, 0.1) is 6.92 Å². The Hall–Kier alpha value is -1.08. The number of rotatable bonds is 4. The molecule has 1 aliphatic rings. The molecule has 1 aliphatic heterocycles. The molecule has 1 amide bonds. The van der Waals surface area contributed by atoms with Crippen molar-refractivity contribution >= 4 is 42.1 Å². The average molecular weight is 364 g/mol. The molecule has 0 spiro atoms. The second-order valence-corrected chi connectivity index (χ2v) is 5.85. The molecule has 3 rings (SSSR count). The molecule has 2 N–H and O–H groups in total. The Morgan fingerprint density at radius 3 is 2.95 bits per heavy atom. The van der Waals surface area contributed by atoms with Gasteiger partial charge in [0.2, 0.25) is 5.91 Å². The van der Waals surface area contributed by atoms with Crippen molar-refractivity contribution in [3.8, 4) is 10.8 Å². The monoisotopic (exact) mass is 363 g/mol. The second kappa shape index (κ2) is 8.53. The standard InChI is InChI=1S/C14H17N3O2S.2ClH/c1-9-2-3-12(19-9)14-17-11(8-20-14)6-13(18)16-10-4-5-15-7-10;;/h2-3,8,10,15H,4-7H2,1H3,(H,16,18);2*1H. The molecule has 122 valence electrons. The Kier molecular flexibility index (Phi) is 7.35. The fourth-order valence-corrected chi connectivity index (χ4v) is 3.05. The van der Waals surface area contributed by atoms with E-state index in [1.54, 1.807) is 0 Å². The summed E-state index contributed by atoms with van der Waals surface area (Å²) < 4.78 is 5.53. The zero-order valence-corrected chi connectivity index (χ0v) is 14.6. The van der Waals surface area contributed by atoms with Crippen LogP contribution in [-0.4, -0.2) is 30.0 Å². The minimum atomic E-state index is 0. The Bertz CT molecular complexity index is 609. The minimum absolute atomic E-state index is 0. The Morgan fingerprint density at radius 1 is 1.50 bits per heavy atom. The number of hydrogen-bond donors (Lipinski definition) is 2. The molecule has 0 radical (unpaired) electrons. The smallest absolute Gasteiger partial charge is 0.226 e. The fourth-order valence-electron chi connectivity index (χ4n) is 2.27. The second-order valence-electron chi connectivity index (χ2n) is 4.99. The molecular weight excluding hydrogens is 345 g/mol. The Morgan fingerprint density at radius 2 is 2.32 bits per heavy atom. The van der Waals surface area contributed by atoms with Crippen LogP contribution in [0.2, 0.25) is 0 Å². The summed E-state index contributed by atoms with van der Waals surface area (Å²) in [6.07, 6.45) is 1.33. The Labute approximate surface area is 145 Å². The molecule has 1 atom stereocenters. The van der Waals surface area contributed by atoms with Gasteiger partial charge in [0.25, 0.3) is 0 Å². The molecule has 8 heteroatoms. The van der Waals surface area contributed by atoms with Gasteiger partial charge in [0.15, 0.2) is 10.8 Å². The zero-order valence-electron chi connectivity index (χ0n) is 12.1. The largest absolute Gasteiger partial charge is 0.459 e. The third kappa shape index (κ3) is 4.71. The van der Waals surface area contributed by atoms with E-state index >= 15 is 0 Å². The van der Waals surface area contributed by atoms with Crippen LogP contribution in [0.25, 0.3) is 10.8 Å². The zero-order chi connectivity index (χ0) is 13.9. The van der Waals surface area contributed by atoms with Gasteiger partial charge in [-0.05, 0) is 32.0 Å². The van der Waals surface area contributed by atoms with Crippen LogP contribution in [0.4, 0.5) is 0 Å². The van der Waals surface area contributed by atoms with Crippen LogP contribution in [-0.2, 0) is 11.2 Å². The molecule has 1 saturated heterocycles. The molecule has 3 heterocycles. The number of aromatic nitrogens is 1. The lowest BCUT2D eigenvalue weighted by atomic mass is 10.2. The number of carbonyl (C=O) groups is 1. The highest BCUT2D eigenvalue weighted by atomic mass is 35.5.